The summed E-state index contributed by atoms with van der Waals surface area (Å²) >= 11 is 0. The Bertz CT molecular complexity index is 536. The Labute approximate surface area is 99.3 Å². The van der Waals surface area contributed by atoms with E-state index < -0.39 is 27.5 Å². The summed E-state index contributed by atoms with van der Waals surface area (Å²) in [6.07, 6.45) is 0.925. The number of ether oxygens (including phenoxy) is 1. The fraction of sp³-hybridized carbons (Fsp3) is 0.364. The van der Waals surface area contributed by atoms with E-state index >= 15 is 0 Å². The van der Waals surface area contributed by atoms with E-state index in [0.717, 1.165) is 18.4 Å². The maximum absolute atomic E-state index is 13.5. The summed E-state index contributed by atoms with van der Waals surface area (Å²) in [6.45, 7) is 1.56. The predicted octanol–water partition coefficient (Wildman–Crippen LogP) is 1.51. The first-order valence-corrected chi connectivity index (χ1v) is 6.74. The molecule has 0 amide bonds. The van der Waals surface area contributed by atoms with Crippen LogP contribution in [0.15, 0.2) is 23.1 Å². The Kier molecular flexibility index (Phi) is 3.87. The van der Waals surface area contributed by atoms with Gasteiger partial charge in [0.05, 0.1) is 13.0 Å². The predicted molar refractivity (Wildman–Crippen MR) is 59.9 cm³/mol. The van der Waals surface area contributed by atoms with Crippen molar-refractivity contribution in [2.45, 2.75) is 17.7 Å². The van der Waals surface area contributed by atoms with Gasteiger partial charge in [0, 0.05) is 6.26 Å². The van der Waals surface area contributed by atoms with Gasteiger partial charge in [0.1, 0.15) is 10.7 Å². The highest BCUT2D eigenvalue weighted by atomic mass is 32.2. The molecule has 94 valence electrons. The van der Waals surface area contributed by atoms with Crippen LogP contribution < -0.4 is 0 Å². The van der Waals surface area contributed by atoms with Gasteiger partial charge in [-0.2, -0.15) is 0 Å². The van der Waals surface area contributed by atoms with Crippen LogP contribution in [0.4, 0.5) is 4.39 Å². The van der Waals surface area contributed by atoms with Crippen LogP contribution in [0.3, 0.4) is 0 Å². The lowest BCUT2D eigenvalue weighted by Gasteiger charge is -2.10. The Balaban J connectivity index is 3.18. The van der Waals surface area contributed by atoms with Gasteiger partial charge in [-0.25, -0.2) is 12.8 Å². The van der Waals surface area contributed by atoms with E-state index in [0.29, 0.717) is 5.56 Å². The van der Waals surface area contributed by atoms with Crippen LogP contribution in [0.1, 0.15) is 18.4 Å². The number of rotatable bonds is 3. The molecule has 17 heavy (non-hydrogen) atoms. The Hall–Kier alpha value is -1.43. The zero-order valence-corrected chi connectivity index (χ0v) is 10.5. The second kappa shape index (κ2) is 4.83. The minimum absolute atomic E-state index is 0.377. The monoisotopic (exact) mass is 260 g/mol. The lowest BCUT2D eigenvalue weighted by molar-refractivity contribution is -0.141. The molecule has 0 aliphatic rings. The molecule has 0 spiro atoms. The highest BCUT2D eigenvalue weighted by Crippen LogP contribution is 2.22. The number of halogens is 1. The normalized spacial score (nSPS) is 13.2. The highest BCUT2D eigenvalue weighted by molar-refractivity contribution is 7.90. The molecular formula is C11H13FO4S. The first-order chi connectivity index (χ1) is 7.77. The molecule has 1 unspecified atom stereocenters. The zero-order chi connectivity index (χ0) is 13.2. The summed E-state index contributed by atoms with van der Waals surface area (Å²) in [5.41, 5.74) is 0.377. The van der Waals surface area contributed by atoms with Crippen LogP contribution in [0.25, 0.3) is 0 Å². The molecule has 4 nitrogen and oxygen atoms in total. The molecule has 0 aromatic heterocycles. The molecule has 0 radical (unpaired) electrons. The van der Waals surface area contributed by atoms with E-state index in [1.807, 2.05) is 0 Å². The van der Waals surface area contributed by atoms with Crippen LogP contribution in [-0.2, 0) is 19.4 Å². The molecule has 0 aliphatic carbocycles. The summed E-state index contributed by atoms with van der Waals surface area (Å²) in [5, 5.41) is 0. The second-order valence-electron chi connectivity index (χ2n) is 3.71. The summed E-state index contributed by atoms with van der Waals surface area (Å²) in [5.74, 6) is -2.00. The third-order valence-corrected chi connectivity index (χ3v) is 3.54. The molecule has 0 heterocycles. The van der Waals surface area contributed by atoms with Gasteiger partial charge in [0.25, 0.3) is 0 Å². The molecule has 0 N–H and O–H groups in total. The van der Waals surface area contributed by atoms with Crippen molar-refractivity contribution in [1.29, 1.82) is 0 Å². The smallest absolute Gasteiger partial charge is 0.312 e. The van der Waals surface area contributed by atoms with E-state index in [1.165, 1.54) is 13.2 Å². The van der Waals surface area contributed by atoms with Crippen molar-refractivity contribution in [3.05, 3.63) is 29.6 Å². The van der Waals surface area contributed by atoms with E-state index in [1.54, 1.807) is 6.92 Å². The first kappa shape index (κ1) is 13.6. The van der Waals surface area contributed by atoms with Crippen molar-refractivity contribution in [3.63, 3.8) is 0 Å². The molecule has 0 bridgehead atoms. The van der Waals surface area contributed by atoms with Crippen molar-refractivity contribution < 1.29 is 22.3 Å². The summed E-state index contributed by atoms with van der Waals surface area (Å²) < 4.78 is 40.5. The number of carbonyl (C=O) groups is 1. The topological polar surface area (TPSA) is 60.4 Å². The number of benzene rings is 1. The fourth-order valence-corrected chi connectivity index (χ4v) is 2.13. The number of sulfone groups is 1. The molecule has 0 aliphatic heterocycles. The lowest BCUT2D eigenvalue weighted by atomic mass is 10.0. The summed E-state index contributed by atoms with van der Waals surface area (Å²) in [4.78, 5) is 10.9. The molecule has 1 aromatic carbocycles. The van der Waals surface area contributed by atoms with Crippen LogP contribution in [0.2, 0.25) is 0 Å². The van der Waals surface area contributed by atoms with Gasteiger partial charge in [-0.3, -0.25) is 4.79 Å². The van der Waals surface area contributed by atoms with E-state index in [4.69, 9.17) is 0 Å². The largest absolute Gasteiger partial charge is 0.469 e. The maximum atomic E-state index is 13.5. The maximum Gasteiger partial charge on any atom is 0.312 e. The Morgan fingerprint density at radius 1 is 1.41 bits per heavy atom. The van der Waals surface area contributed by atoms with E-state index in [-0.39, 0.29) is 4.90 Å². The van der Waals surface area contributed by atoms with E-state index in [9.17, 15) is 17.6 Å². The molecule has 0 fully saturated rings. The molecule has 1 rings (SSSR count). The number of hydrogen-bond acceptors (Lipinski definition) is 4. The average Bonchev–Trinajstić information content (AvgIpc) is 2.25. The number of carbonyl (C=O) groups excluding carboxylic acids is 1. The standard InChI is InChI=1S/C11H13FO4S/c1-7(11(13)16-2)8-4-5-10(9(12)6-8)17(3,14)15/h4-7H,1-3H3. The number of hydrogen-bond donors (Lipinski definition) is 0. The minimum atomic E-state index is -3.59. The van der Waals surface area contributed by atoms with Crippen molar-refractivity contribution in [2.75, 3.05) is 13.4 Å². The van der Waals surface area contributed by atoms with Crippen LogP contribution in [0, 0.1) is 5.82 Å². The highest BCUT2D eigenvalue weighted by Gasteiger charge is 2.19. The van der Waals surface area contributed by atoms with Crippen LogP contribution in [0.5, 0.6) is 0 Å². The third kappa shape index (κ3) is 3.03. The van der Waals surface area contributed by atoms with Crippen molar-refractivity contribution in [3.8, 4) is 0 Å². The van der Waals surface area contributed by atoms with Gasteiger partial charge < -0.3 is 4.74 Å². The van der Waals surface area contributed by atoms with Gasteiger partial charge in [0.2, 0.25) is 0 Å². The summed E-state index contributed by atoms with van der Waals surface area (Å²) in [6, 6.07) is 3.60. The van der Waals surface area contributed by atoms with Crippen LogP contribution >= 0.6 is 0 Å². The Morgan fingerprint density at radius 2 is 2.00 bits per heavy atom. The number of esters is 1. The minimum Gasteiger partial charge on any atom is -0.469 e. The summed E-state index contributed by atoms with van der Waals surface area (Å²) in [7, 11) is -2.36. The second-order valence-corrected chi connectivity index (χ2v) is 5.69. The van der Waals surface area contributed by atoms with Gasteiger partial charge in [-0.1, -0.05) is 6.07 Å². The molecule has 0 saturated carbocycles. The molecule has 1 atom stereocenters. The fourth-order valence-electron chi connectivity index (χ4n) is 1.40. The first-order valence-electron chi connectivity index (χ1n) is 4.84. The SMILES string of the molecule is COC(=O)C(C)c1ccc(S(C)(=O)=O)c(F)c1. The molecular weight excluding hydrogens is 247 g/mol. The van der Waals surface area contributed by atoms with E-state index in [2.05, 4.69) is 4.74 Å². The zero-order valence-electron chi connectivity index (χ0n) is 9.73. The van der Waals surface area contributed by atoms with Gasteiger partial charge in [0.15, 0.2) is 9.84 Å². The number of methoxy groups -OCH3 is 1. The van der Waals surface area contributed by atoms with Gasteiger partial charge in [-0.05, 0) is 24.6 Å². The molecule has 6 heteroatoms. The van der Waals surface area contributed by atoms with Gasteiger partial charge >= 0.3 is 5.97 Å². The van der Waals surface area contributed by atoms with Crippen molar-refractivity contribution >= 4 is 15.8 Å². The Morgan fingerprint density at radius 3 is 2.41 bits per heavy atom. The van der Waals surface area contributed by atoms with Crippen molar-refractivity contribution in [2.24, 2.45) is 0 Å². The van der Waals surface area contributed by atoms with Crippen LogP contribution in [-0.4, -0.2) is 27.8 Å². The molecule has 0 saturated heterocycles. The lowest BCUT2D eigenvalue weighted by Crippen LogP contribution is -2.11. The van der Waals surface area contributed by atoms with Gasteiger partial charge in [-0.15, -0.1) is 0 Å². The molecule has 1 aromatic rings. The average molecular weight is 260 g/mol. The third-order valence-electron chi connectivity index (χ3n) is 2.41. The quantitative estimate of drug-likeness (QED) is 0.773. The van der Waals surface area contributed by atoms with Crippen molar-refractivity contribution in [1.82, 2.24) is 0 Å².